The lowest BCUT2D eigenvalue weighted by Crippen LogP contribution is -2.35. The first-order valence-electron chi connectivity index (χ1n) is 11.5. The Morgan fingerprint density at radius 1 is 1.06 bits per heavy atom. The van der Waals surface area contributed by atoms with Crippen molar-refractivity contribution < 1.29 is 19.1 Å². The van der Waals surface area contributed by atoms with Crippen molar-refractivity contribution in [2.75, 3.05) is 39.9 Å². The molecule has 172 valence electrons. The second-order valence-electron chi connectivity index (χ2n) is 8.12. The van der Waals surface area contributed by atoms with Crippen molar-refractivity contribution in [3.63, 3.8) is 0 Å². The molecular formula is C26H34N2O4. The molecule has 0 radical (unpaired) electrons. The number of rotatable bonds is 12. The Labute approximate surface area is 190 Å². The van der Waals surface area contributed by atoms with Crippen molar-refractivity contribution in [2.24, 2.45) is 0 Å². The Bertz CT molecular complexity index is 914. The maximum atomic E-state index is 12.9. The van der Waals surface area contributed by atoms with Crippen LogP contribution in [-0.2, 0) is 14.3 Å². The van der Waals surface area contributed by atoms with Gasteiger partial charge >= 0.3 is 5.97 Å². The van der Waals surface area contributed by atoms with Crippen LogP contribution in [0.25, 0.3) is 10.8 Å². The lowest BCUT2D eigenvalue weighted by atomic mass is 10.1. The standard InChI is InChI=1S/C26H34N2O4/c1-31-25(29)15-4-2-3-11-22(26(30)27-16-19-28-17-7-8-18-28)20-32-24-14-9-12-21-10-5-6-13-23(21)24/h5-6,9-14H,2-4,7-8,15-20H2,1H3,(H,27,30)/b22-11+. The number of unbranched alkanes of at least 4 members (excludes halogenated alkanes) is 2. The molecule has 1 heterocycles. The first-order chi connectivity index (χ1) is 15.7. The van der Waals surface area contributed by atoms with E-state index in [-0.39, 0.29) is 18.5 Å². The van der Waals surface area contributed by atoms with Gasteiger partial charge in [0.1, 0.15) is 12.4 Å². The molecule has 1 fully saturated rings. The third kappa shape index (κ3) is 7.38. The normalized spacial score (nSPS) is 14.5. The van der Waals surface area contributed by atoms with Crippen molar-refractivity contribution >= 4 is 22.6 Å². The molecule has 0 bridgehead atoms. The van der Waals surface area contributed by atoms with E-state index in [9.17, 15) is 9.59 Å². The van der Waals surface area contributed by atoms with E-state index in [1.54, 1.807) is 0 Å². The average Bonchev–Trinajstić information content (AvgIpc) is 3.34. The molecule has 1 aliphatic rings. The molecule has 6 heteroatoms. The summed E-state index contributed by atoms with van der Waals surface area (Å²) in [6, 6.07) is 14.0. The van der Waals surface area contributed by atoms with Gasteiger partial charge in [-0.2, -0.15) is 0 Å². The minimum absolute atomic E-state index is 0.0857. The average molecular weight is 439 g/mol. The van der Waals surface area contributed by atoms with Crippen LogP contribution in [-0.4, -0.2) is 56.7 Å². The molecule has 1 amide bonds. The molecule has 1 aliphatic heterocycles. The third-order valence-corrected chi connectivity index (χ3v) is 5.79. The predicted octanol–water partition coefficient (Wildman–Crippen LogP) is 4.09. The first kappa shape index (κ1) is 23.8. The van der Waals surface area contributed by atoms with Gasteiger partial charge in [0.25, 0.3) is 0 Å². The Kier molecular flexibility index (Phi) is 9.57. The van der Waals surface area contributed by atoms with Gasteiger partial charge in [-0.3, -0.25) is 9.59 Å². The Morgan fingerprint density at radius 3 is 2.66 bits per heavy atom. The molecule has 3 rings (SSSR count). The lowest BCUT2D eigenvalue weighted by molar-refractivity contribution is -0.140. The van der Waals surface area contributed by atoms with Crippen LogP contribution >= 0.6 is 0 Å². The van der Waals surface area contributed by atoms with E-state index in [1.165, 1.54) is 20.0 Å². The van der Waals surface area contributed by atoms with Crippen LogP contribution in [0.15, 0.2) is 54.1 Å². The third-order valence-electron chi connectivity index (χ3n) is 5.79. The monoisotopic (exact) mass is 438 g/mol. The zero-order chi connectivity index (χ0) is 22.6. The molecule has 32 heavy (non-hydrogen) atoms. The smallest absolute Gasteiger partial charge is 0.305 e. The number of methoxy groups -OCH3 is 1. The lowest BCUT2D eigenvalue weighted by Gasteiger charge is -2.16. The Hall–Kier alpha value is -2.86. The van der Waals surface area contributed by atoms with Gasteiger partial charge in [0, 0.05) is 24.9 Å². The van der Waals surface area contributed by atoms with Gasteiger partial charge in [-0.15, -0.1) is 0 Å². The van der Waals surface area contributed by atoms with Crippen LogP contribution in [0, 0.1) is 0 Å². The molecule has 2 aromatic carbocycles. The SMILES string of the molecule is COC(=O)CCCC/C=C(\COc1cccc2ccccc12)C(=O)NCCN1CCCC1. The van der Waals surface area contributed by atoms with E-state index in [4.69, 9.17) is 4.74 Å². The number of fused-ring (bicyclic) bond motifs is 1. The summed E-state index contributed by atoms with van der Waals surface area (Å²) in [7, 11) is 1.40. The minimum atomic E-state index is -0.201. The summed E-state index contributed by atoms with van der Waals surface area (Å²) in [5.74, 6) is 0.482. The summed E-state index contributed by atoms with van der Waals surface area (Å²) >= 11 is 0. The number of carbonyl (C=O) groups excluding carboxylic acids is 2. The van der Waals surface area contributed by atoms with Crippen LogP contribution in [0.3, 0.4) is 0 Å². The highest BCUT2D eigenvalue weighted by Crippen LogP contribution is 2.25. The maximum absolute atomic E-state index is 12.9. The van der Waals surface area contributed by atoms with Crippen LogP contribution in [0.1, 0.15) is 38.5 Å². The number of benzene rings is 2. The topological polar surface area (TPSA) is 67.9 Å². The van der Waals surface area contributed by atoms with Gasteiger partial charge in [-0.25, -0.2) is 0 Å². The minimum Gasteiger partial charge on any atom is -0.488 e. The van der Waals surface area contributed by atoms with Crippen LogP contribution in [0.4, 0.5) is 0 Å². The van der Waals surface area contributed by atoms with Crippen molar-refractivity contribution in [2.45, 2.75) is 38.5 Å². The number of esters is 1. The molecule has 6 nitrogen and oxygen atoms in total. The number of nitrogens with one attached hydrogen (secondary N) is 1. The number of hydrogen-bond donors (Lipinski definition) is 1. The van der Waals surface area contributed by atoms with Gasteiger partial charge in [0.15, 0.2) is 0 Å². The molecule has 1 saturated heterocycles. The number of hydrogen-bond acceptors (Lipinski definition) is 5. The van der Waals surface area contributed by atoms with Gasteiger partial charge in [0.2, 0.25) is 5.91 Å². The summed E-state index contributed by atoms with van der Waals surface area (Å²) in [5.41, 5.74) is 0.623. The molecule has 0 saturated carbocycles. The molecule has 1 N–H and O–H groups in total. The van der Waals surface area contributed by atoms with Gasteiger partial charge in [0.05, 0.1) is 12.7 Å². The van der Waals surface area contributed by atoms with E-state index >= 15 is 0 Å². The first-order valence-corrected chi connectivity index (χ1v) is 11.5. The summed E-state index contributed by atoms with van der Waals surface area (Å²) in [6.07, 6.45) is 7.07. The molecular weight excluding hydrogens is 404 g/mol. The van der Waals surface area contributed by atoms with E-state index in [0.29, 0.717) is 25.0 Å². The highest BCUT2D eigenvalue weighted by atomic mass is 16.5. The van der Waals surface area contributed by atoms with Crippen molar-refractivity contribution in [1.82, 2.24) is 10.2 Å². The van der Waals surface area contributed by atoms with Gasteiger partial charge < -0.3 is 19.7 Å². The largest absolute Gasteiger partial charge is 0.488 e. The molecule has 0 atom stereocenters. The zero-order valence-electron chi connectivity index (χ0n) is 19.0. The van der Waals surface area contributed by atoms with E-state index in [2.05, 4.69) is 15.0 Å². The number of ether oxygens (including phenoxy) is 2. The highest BCUT2D eigenvalue weighted by molar-refractivity contribution is 5.94. The second kappa shape index (κ2) is 12.9. The number of likely N-dealkylation sites (tertiary alicyclic amines) is 1. The van der Waals surface area contributed by atoms with E-state index in [0.717, 1.165) is 49.0 Å². The summed E-state index contributed by atoms with van der Waals surface area (Å²) in [5, 5.41) is 5.18. The summed E-state index contributed by atoms with van der Waals surface area (Å²) < 4.78 is 10.8. The fraction of sp³-hybridized carbons (Fsp3) is 0.462. The number of nitrogens with zero attached hydrogens (tertiary/aromatic N) is 1. The van der Waals surface area contributed by atoms with Crippen molar-refractivity contribution in [1.29, 1.82) is 0 Å². The molecule has 0 aliphatic carbocycles. The fourth-order valence-electron chi connectivity index (χ4n) is 3.93. The highest BCUT2D eigenvalue weighted by Gasteiger charge is 2.14. The van der Waals surface area contributed by atoms with E-state index in [1.807, 2.05) is 48.5 Å². The van der Waals surface area contributed by atoms with Crippen molar-refractivity contribution in [3.05, 3.63) is 54.1 Å². The molecule has 2 aromatic rings. The molecule has 0 unspecified atom stereocenters. The number of carbonyl (C=O) groups is 2. The maximum Gasteiger partial charge on any atom is 0.305 e. The van der Waals surface area contributed by atoms with Gasteiger partial charge in [-0.1, -0.05) is 42.5 Å². The Morgan fingerprint density at radius 2 is 1.84 bits per heavy atom. The number of amides is 1. The molecule has 0 aromatic heterocycles. The zero-order valence-corrected chi connectivity index (χ0v) is 19.0. The Balaban J connectivity index is 1.58. The van der Waals surface area contributed by atoms with Crippen LogP contribution in [0.5, 0.6) is 5.75 Å². The summed E-state index contributed by atoms with van der Waals surface area (Å²) in [4.78, 5) is 26.5. The fourth-order valence-corrected chi connectivity index (χ4v) is 3.93. The van der Waals surface area contributed by atoms with Gasteiger partial charge in [-0.05, 0) is 56.6 Å². The van der Waals surface area contributed by atoms with Crippen LogP contribution < -0.4 is 10.1 Å². The number of allylic oxidation sites excluding steroid dienone is 1. The summed E-state index contributed by atoms with van der Waals surface area (Å²) in [6.45, 7) is 3.95. The predicted molar refractivity (Wildman–Crippen MR) is 127 cm³/mol. The second-order valence-corrected chi connectivity index (χ2v) is 8.12. The quantitative estimate of drug-likeness (QED) is 0.307. The van der Waals surface area contributed by atoms with Crippen LogP contribution in [0.2, 0.25) is 0 Å². The van der Waals surface area contributed by atoms with Crippen molar-refractivity contribution in [3.8, 4) is 5.75 Å². The van der Waals surface area contributed by atoms with E-state index < -0.39 is 0 Å². The molecule has 0 spiro atoms.